The minimum Gasteiger partial charge on any atom is -0.493 e. The average molecular weight is 302 g/mol. The summed E-state index contributed by atoms with van der Waals surface area (Å²) < 4.78 is 18.7. The first-order valence-corrected chi connectivity index (χ1v) is 7.30. The normalized spacial score (nSPS) is 11.9. The fourth-order valence-corrected chi connectivity index (χ4v) is 2.29. The Morgan fingerprint density at radius 3 is 2.50 bits per heavy atom. The summed E-state index contributed by atoms with van der Waals surface area (Å²) in [6.45, 7) is 2.60. The Kier molecular flexibility index (Phi) is 5.53. The number of hydrogen-bond acceptors (Lipinski definition) is 2. The van der Waals surface area contributed by atoms with Gasteiger partial charge in [-0.3, -0.25) is 4.79 Å². The third-order valence-corrected chi connectivity index (χ3v) is 3.43. The summed E-state index contributed by atoms with van der Waals surface area (Å²) >= 11 is 0. The average Bonchev–Trinajstić information content (AvgIpc) is 2.52. The molecule has 0 aliphatic carbocycles. The quantitative estimate of drug-likeness (QED) is 0.840. The molecule has 0 radical (unpaired) electrons. The van der Waals surface area contributed by atoms with Gasteiger partial charge in [-0.1, -0.05) is 37.3 Å². The third-order valence-electron chi connectivity index (χ3n) is 3.43. The van der Waals surface area contributed by atoms with Gasteiger partial charge in [0, 0.05) is 0 Å². The first-order valence-electron chi connectivity index (χ1n) is 7.30. The van der Waals surface area contributed by atoms with Crippen LogP contribution in [0.4, 0.5) is 4.39 Å². The molecule has 4 heteroatoms. The topological polar surface area (TPSA) is 46.5 Å². The molecule has 0 bridgehead atoms. The van der Waals surface area contributed by atoms with Gasteiger partial charge in [-0.15, -0.1) is 0 Å². The van der Waals surface area contributed by atoms with Gasteiger partial charge in [0.15, 0.2) is 0 Å². The summed E-state index contributed by atoms with van der Waals surface area (Å²) in [6.07, 6.45) is 1.19. The van der Waals surface area contributed by atoms with Crippen molar-refractivity contribution in [1.29, 1.82) is 0 Å². The summed E-state index contributed by atoms with van der Waals surface area (Å²) in [5.74, 6) is -1.33. The van der Waals surface area contributed by atoms with Crippen LogP contribution in [0, 0.1) is 5.82 Å². The van der Waals surface area contributed by atoms with Crippen molar-refractivity contribution < 1.29 is 19.0 Å². The Hall–Kier alpha value is -2.36. The zero-order valence-electron chi connectivity index (χ0n) is 12.5. The van der Waals surface area contributed by atoms with E-state index in [1.165, 1.54) is 24.3 Å². The van der Waals surface area contributed by atoms with Gasteiger partial charge in [0.05, 0.1) is 12.5 Å². The van der Waals surface area contributed by atoms with Crippen molar-refractivity contribution in [2.75, 3.05) is 6.61 Å². The molecule has 2 aromatic rings. The van der Waals surface area contributed by atoms with Gasteiger partial charge < -0.3 is 9.84 Å². The van der Waals surface area contributed by atoms with Crippen molar-refractivity contribution in [1.82, 2.24) is 0 Å². The molecule has 1 unspecified atom stereocenters. The van der Waals surface area contributed by atoms with E-state index in [1.54, 1.807) is 0 Å². The summed E-state index contributed by atoms with van der Waals surface area (Å²) in [5, 5.41) is 9.49. The van der Waals surface area contributed by atoms with E-state index in [1.807, 2.05) is 31.2 Å². The van der Waals surface area contributed by atoms with Crippen molar-refractivity contribution in [3.05, 3.63) is 65.5 Å². The number of para-hydroxylation sites is 1. The highest BCUT2D eigenvalue weighted by molar-refractivity contribution is 5.76. The lowest BCUT2D eigenvalue weighted by Gasteiger charge is -2.16. The molecule has 1 atom stereocenters. The lowest BCUT2D eigenvalue weighted by Crippen LogP contribution is -2.15. The smallest absolute Gasteiger partial charge is 0.311 e. The van der Waals surface area contributed by atoms with Gasteiger partial charge in [-0.25, -0.2) is 4.39 Å². The van der Waals surface area contributed by atoms with Crippen LogP contribution in [0.2, 0.25) is 0 Å². The van der Waals surface area contributed by atoms with Gasteiger partial charge in [0.25, 0.3) is 0 Å². The zero-order chi connectivity index (χ0) is 15.9. The number of carboxylic acids is 1. The van der Waals surface area contributed by atoms with Crippen LogP contribution in [0.1, 0.15) is 30.4 Å². The molecular formula is C18H19FO3. The molecule has 0 saturated carbocycles. The van der Waals surface area contributed by atoms with E-state index < -0.39 is 11.9 Å². The van der Waals surface area contributed by atoms with E-state index in [0.717, 1.165) is 12.0 Å². The van der Waals surface area contributed by atoms with Crippen LogP contribution in [0.5, 0.6) is 5.75 Å². The maximum atomic E-state index is 13.0. The molecule has 0 aliphatic rings. The van der Waals surface area contributed by atoms with Crippen molar-refractivity contribution >= 4 is 5.97 Å². The van der Waals surface area contributed by atoms with Crippen molar-refractivity contribution in [2.24, 2.45) is 0 Å². The summed E-state index contributed by atoms with van der Waals surface area (Å²) in [6, 6.07) is 13.0. The van der Waals surface area contributed by atoms with E-state index in [9.17, 15) is 14.3 Å². The van der Waals surface area contributed by atoms with Crippen LogP contribution >= 0.6 is 0 Å². The fraction of sp³-hybridized carbons (Fsp3) is 0.278. The first kappa shape index (κ1) is 16.0. The van der Waals surface area contributed by atoms with Gasteiger partial charge >= 0.3 is 5.97 Å². The van der Waals surface area contributed by atoms with Crippen LogP contribution in [-0.4, -0.2) is 17.7 Å². The maximum Gasteiger partial charge on any atom is 0.311 e. The van der Waals surface area contributed by atoms with Crippen molar-refractivity contribution in [2.45, 2.75) is 25.7 Å². The molecule has 1 N–H and O–H groups in total. The number of rotatable bonds is 7. The first-order chi connectivity index (χ1) is 10.6. The highest BCUT2D eigenvalue weighted by Gasteiger charge is 2.22. The molecule has 0 heterocycles. The van der Waals surface area contributed by atoms with E-state index in [4.69, 9.17) is 4.74 Å². The molecule has 0 amide bonds. The second kappa shape index (κ2) is 7.59. The Labute approximate surface area is 129 Å². The van der Waals surface area contributed by atoms with E-state index in [-0.39, 0.29) is 5.82 Å². The summed E-state index contributed by atoms with van der Waals surface area (Å²) in [4.78, 5) is 11.6. The Morgan fingerprint density at radius 2 is 1.86 bits per heavy atom. The number of carbonyl (C=O) groups is 1. The molecule has 2 aromatic carbocycles. The van der Waals surface area contributed by atoms with Crippen LogP contribution < -0.4 is 4.74 Å². The number of aliphatic carboxylic acids is 1. The number of ether oxygens (including phenoxy) is 1. The molecule has 2 rings (SSSR count). The minimum atomic E-state index is -0.933. The predicted octanol–water partition coefficient (Wildman–Crippen LogP) is 4.03. The Bertz CT molecular complexity index is 622. The zero-order valence-corrected chi connectivity index (χ0v) is 12.5. The van der Waals surface area contributed by atoms with Crippen LogP contribution in [0.3, 0.4) is 0 Å². The van der Waals surface area contributed by atoms with Crippen LogP contribution in [-0.2, 0) is 11.2 Å². The predicted molar refractivity (Wildman–Crippen MR) is 82.7 cm³/mol. The van der Waals surface area contributed by atoms with Crippen molar-refractivity contribution in [3.63, 3.8) is 0 Å². The van der Waals surface area contributed by atoms with Crippen LogP contribution in [0.15, 0.2) is 48.5 Å². The number of benzene rings is 2. The lowest BCUT2D eigenvalue weighted by atomic mass is 9.91. The molecule has 0 spiro atoms. The molecule has 0 fully saturated rings. The molecule has 3 nitrogen and oxygen atoms in total. The van der Waals surface area contributed by atoms with Crippen LogP contribution in [0.25, 0.3) is 0 Å². The number of carboxylic acid groups (broad SMARTS) is 1. The second-order valence-electron chi connectivity index (χ2n) is 5.10. The molecule has 116 valence electrons. The largest absolute Gasteiger partial charge is 0.493 e. The Morgan fingerprint density at radius 1 is 1.18 bits per heavy atom. The molecule has 0 aliphatic heterocycles. The second-order valence-corrected chi connectivity index (χ2v) is 5.10. The number of halogens is 1. The summed E-state index contributed by atoms with van der Waals surface area (Å²) in [7, 11) is 0. The molecule has 0 aromatic heterocycles. The SMILES string of the molecule is CCCOc1ccccc1CC(C(=O)O)c1ccc(F)cc1. The highest BCUT2D eigenvalue weighted by atomic mass is 19.1. The third kappa shape index (κ3) is 4.07. The Balaban J connectivity index is 2.25. The summed E-state index contributed by atoms with van der Waals surface area (Å²) in [5.41, 5.74) is 1.42. The molecule has 22 heavy (non-hydrogen) atoms. The molecular weight excluding hydrogens is 283 g/mol. The highest BCUT2D eigenvalue weighted by Crippen LogP contribution is 2.27. The van der Waals surface area contributed by atoms with Gasteiger partial charge in [-0.2, -0.15) is 0 Å². The number of hydrogen-bond donors (Lipinski definition) is 1. The van der Waals surface area contributed by atoms with Gasteiger partial charge in [-0.05, 0) is 42.2 Å². The monoisotopic (exact) mass is 302 g/mol. The lowest BCUT2D eigenvalue weighted by molar-refractivity contribution is -0.138. The standard InChI is InChI=1S/C18H19FO3/c1-2-11-22-17-6-4-3-5-14(17)12-16(18(20)21)13-7-9-15(19)10-8-13/h3-10,16H,2,11-12H2,1H3,(H,20,21). The van der Waals surface area contributed by atoms with E-state index >= 15 is 0 Å². The molecule has 0 saturated heterocycles. The van der Waals surface area contributed by atoms with Gasteiger partial charge in [0.2, 0.25) is 0 Å². The van der Waals surface area contributed by atoms with Gasteiger partial charge in [0.1, 0.15) is 11.6 Å². The van der Waals surface area contributed by atoms with Crippen molar-refractivity contribution in [3.8, 4) is 5.75 Å². The fourth-order valence-electron chi connectivity index (χ4n) is 2.29. The van der Waals surface area contributed by atoms with E-state index in [2.05, 4.69) is 0 Å². The minimum absolute atomic E-state index is 0.306. The maximum absolute atomic E-state index is 13.0. The van der Waals surface area contributed by atoms with E-state index in [0.29, 0.717) is 24.3 Å².